The van der Waals surface area contributed by atoms with Crippen LogP contribution < -0.4 is 5.32 Å². The number of nitrogens with zero attached hydrogens (tertiary/aromatic N) is 2. The number of rotatable bonds is 3. The predicted octanol–water partition coefficient (Wildman–Crippen LogP) is 1.30. The van der Waals surface area contributed by atoms with Crippen LogP contribution in [0, 0.1) is 0 Å². The van der Waals surface area contributed by atoms with Crippen molar-refractivity contribution in [3.8, 4) is 0 Å². The van der Waals surface area contributed by atoms with Gasteiger partial charge in [0.2, 0.25) is 5.91 Å². The molecule has 4 amide bonds. The number of aromatic amines is 1. The standard InChI is InChI=1S/C16H16N4O4/c21-14-10-7-19(16(24)20(14)6-5-17-15(22)23)8-12-13(10)9-3-1-2-4-11(9)18-12/h1-4,10,17-18H,5-8H2,(H,22,23). The molecule has 2 bridgehead atoms. The van der Waals surface area contributed by atoms with E-state index in [2.05, 4.69) is 10.3 Å². The van der Waals surface area contributed by atoms with Crippen molar-refractivity contribution in [2.45, 2.75) is 12.5 Å². The second-order valence-electron chi connectivity index (χ2n) is 6.00. The number of urea groups is 1. The number of carboxylic acid groups (broad SMARTS) is 1. The van der Waals surface area contributed by atoms with E-state index in [-0.39, 0.29) is 25.0 Å². The summed E-state index contributed by atoms with van der Waals surface area (Å²) in [5.74, 6) is -0.679. The van der Waals surface area contributed by atoms with E-state index in [0.717, 1.165) is 27.1 Å². The number of carbonyl (C=O) groups is 3. The normalized spacial score (nSPS) is 19.6. The van der Waals surface area contributed by atoms with Crippen LogP contribution in [0.5, 0.6) is 0 Å². The van der Waals surface area contributed by atoms with Gasteiger partial charge in [-0.05, 0) is 11.6 Å². The van der Waals surface area contributed by atoms with Gasteiger partial charge in [0.15, 0.2) is 0 Å². The van der Waals surface area contributed by atoms with Crippen LogP contribution in [0.25, 0.3) is 10.9 Å². The number of fused-ring (bicyclic) bond motifs is 6. The van der Waals surface area contributed by atoms with Gasteiger partial charge in [-0.1, -0.05) is 18.2 Å². The molecule has 1 aromatic carbocycles. The van der Waals surface area contributed by atoms with Crippen molar-refractivity contribution in [2.24, 2.45) is 0 Å². The van der Waals surface area contributed by atoms with Gasteiger partial charge < -0.3 is 20.3 Å². The van der Waals surface area contributed by atoms with E-state index >= 15 is 0 Å². The SMILES string of the molecule is O=C(O)NCCN1C(=O)C2CN(Cc3[nH]c4ccccc4c32)C1=O. The van der Waals surface area contributed by atoms with Crippen molar-refractivity contribution in [3.63, 3.8) is 0 Å². The maximum atomic E-state index is 12.8. The number of amides is 4. The van der Waals surface area contributed by atoms with E-state index in [4.69, 9.17) is 5.11 Å². The van der Waals surface area contributed by atoms with E-state index in [1.165, 1.54) is 0 Å². The van der Waals surface area contributed by atoms with E-state index < -0.39 is 12.0 Å². The van der Waals surface area contributed by atoms with Crippen LogP contribution in [0.2, 0.25) is 0 Å². The third-order valence-corrected chi connectivity index (χ3v) is 4.61. The van der Waals surface area contributed by atoms with Crippen molar-refractivity contribution >= 4 is 28.9 Å². The number of benzene rings is 1. The van der Waals surface area contributed by atoms with Crippen molar-refractivity contribution in [3.05, 3.63) is 35.5 Å². The van der Waals surface area contributed by atoms with Gasteiger partial charge in [0, 0.05) is 36.2 Å². The molecular weight excluding hydrogens is 312 g/mol. The number of hydrogen-bond donors (Lipinski definition) is 3. The van der Waals surface area contributed by atoms with Crippen LogP contribution in [-0.4, -0.2) is 57.6 Å². The number of aromatic nitrogens is 1. The Morgan fingerprint density at radius 2 is 2.12 bits per heavy atom. The number of para-hydroxylation sites is 1. The minimum absolute atomic E-state index is 0.0219. The molecule has 124 valence electrons. The highest BCUT2D eigenvalue weighted by molar-refractivity contribution is 6.04. The molecule has 8 nitrogen and oxygen atoms in total. The Hall–Kier alpha value is -3.03. The van der Waals surface area contributed by atoms with Crippen LogP contribution >= 0.6 is 0 Å². The lowest BCUT2D eigenvalue weighted by molar-refractivity contribution is -0.133. The lowest BCUT2D eigenvalue weighted by Gasteiger charge is -2.41. The molecule has 4 rings (SSSR count). The first-order valence-corrected chi connectivity index (χ1v) is 7.73. The maximum absolute atomic E-state index is 12.8. The van der Waals surface area contributed by atoms with E-state index in [1.807, 2.05) is 24.3 Å². The second-order valence-corrected chi connectivity index (χ2v) is 6.00. The highest BCUT2D eigenvalue weighted by atomic mass is 16.4. The van der Waals surface area contributed by atoms with Gasteiger partial charge in [0.05, 0.1) is 12.5 Å². The fraction of sp³-hybridized carbons (Fsp3) is 0.312. The molecule has 1 unspecified atom stereocenters. The Balaban J connectivity index is 1.69. The highest BCUT2D eigenvalue weighted by Crippen LogP contribution is 2.38. The smallest absolute Gasteiger partial charge is 0.404 e. The molecule has 1 atom stereocenters. The van der Waals surface area contributed by atoms with Gasteiger partial charge in [0.1, 0.15) is 0 Å². The first-order chi connectivity index (χ1) is 11.6. The topological polar surface area (TPSA) is 106 Å². The molecule has 24 heavy (non-hydrogen) atoms. The first kappa shape index (κ1) is 14.6. The highest BCUT2D eigenvalue weighted by Gasteiger charge is 2.44. The molecule has 3 heterocycles. The minimum atomic E-state index is -1.17. The molecule has 2 aliphatic heterocycles. The molecule has 1 fully saturated rings. The summed E-state index contributed by atoms with van der Waals surface area (Å²) in [5, 5.41) is 11.8. The molecule has 0 radical (unpaired) electrons. The zero-order chi connectivity index (χ0) is 16.8. The summed E-state index contributed by atoms with van der Waals surface area (Å²) in [6.07, 6.45) is -1.17. The Morgan fingerprint density at radius 3 is 2.92 bits per heavy atom. The lowest BCUT2D eigenvalue weighted by Crippen LogP contribution is -2.58. The largest absolute Gasteiger partial charge is 0.465 e. The Morgan fingerprint density at radius 1 is 1.33 bits per heavy atom. The van der Waals surface area contributed by atoms with Crippen LogP contribution in [0.1, 0.15) is 17.2 Å². The lowest BCUT2D eigenvalue weighted by atomic mass is 9.89. The fourth-order valence-corrected chi connectivity index (χ4v) is 3.59. The summed E-state index contributed by atoms with van der Waals surface area (Å²) in [5.41, 5.74) is 2.81. The summed E-state index contributed by atoms with van der Waals surface area (Å²) in [6.45, 7) is 0.855. The average Bonchev–Trinajstić information content (AvgIpc) is 2.93. The summed E-state index contributed by atoms with van der Waals surface area (Å²) >= 11 is 0. The number of imide groups is 1. The molecule has 3 N–H and O–H groups in total. The summed E-state index contributed by atoms with van der Waals surface area (Å²) < 4.78 is 0. The van der Waals surface area contributed by atoms with Gasteiger partial charge in [-0.3, -0.25) is 9.69 Å². The minimum Gasteiger partial charge on any atom is -0.465 e. The van der Waals surface area contributed by atoms with Crippen LogP contribution in [0.3, 0.4) is 0 Å². The maximum Gasteiger partial charge on any atom is 0.404 e. The van der Waals surface area contributed by atoms with E-state index in [1.54, 1.807) is 4.90 Å². The summed E-state index contributed by atoms with van der Waals surface area (Å²) in [6, 6.07) is 7.41. The van der Waals surface area contributed by atoms with Gasteiger partial charge in [0.25, 0.3) is 0 Å². The Labute approximate surface area is 137 Å². The van der Waals surface area contributed by atoms with Crippen molar-refractivity contribution in [1.29, 1.82) is 0 Å². The van der Waals surface area contributed by atoms with Crippen molar-refractivity contribution < 1.29 is 19.5 Å². The molecule has 1 aromatic heterocycles. The average molecular weight is 328 g/mol. The molecule has 0 spiro atoms. The Kier molecular flexibility index (Phi) is 3.19. The number of hydrogen-bond acceptors (Lipinski definition) is 3. The molecule has 0 aliphatic carbocycles. The molecule has 1 saturated heterocycles. The van der Waals surface area contributed by atoms with Crippen LogP contribution in [0.4, 0.5) is 9.59 Å². The van der Waals surface area contributed by atoms with Crippen molar-refractivity contribution in [2.75, 3.05) is 19.6 Å². The quantitative estimate of drug-likeness (QED) is 0.789. The monoisotopic (exact) mass is 328 g/mol. The van der Waals surface area contributed by atoms with Crippen LogP contribution in [0.15, 0.2) is 24.3 Å². The second kappa shape index (κ2) is 5.26. The third-order valence-electron chi connectivity index (χ3n) is 4.61. The molecule has 0 saturated carbocycles. The summed E-state index contributed by atoms with van der Waals surface area (Å²) in [4.78, 5) is 41.9. The van der Waals surface area contributed by atoms with Crippen LogP contribution in [-0.2, 0) is 11.3 Å². The fourth-order valence-electron chi connectivity index (χ4n) is 3.59. The first-order valence-electron chi connectivity index (χ1n) is 7.73. The number of H-pyrrole nitrogens is 1. The third kappa shape index (κ3) is 2.10. The molecule has 2 aliphatic rings. The summed E-state index contributed by atoms with van der Waals surface area (Å²) in [7, 11) is 0. The number of nitrogens with one attached hydrogen (secondary N) is 2. The Bertz CT molecular complexity index is 859. The van der Waals surface area contributed by atoms with Gasteiger partial charge in [-0.25, -0.2) is 9.59 Å². The molecule has 2 aromatic rings. The zero-order valence-electron chi connectivity index (χ0n) is 12.8. The molecular formula is C16H16N4O4. The van der Waals surface area contributed by atoms with Crippen molar-refractivity contribution in [1.82, 2.24) is 20.1 Å². The van der Waals surface area contributed by atoms with Gasteiger partial charge in [-0.2, -0.15) is 0 Å². The van der Waals surface area contributed by atoms with Gasteiger partial charge in [-0.15, -0.1) is 0 Å². The van der Waals surface area contributed by atoms with E-state index in [0.29, 0.717) is 13.1 Å². The zero-order valence-corrected chi connectivity index (χ0v) is 12.8. The molecule has 8 heteroatoms. The van der Waals surface area contributed by atoms with Gasteiger partial charge >= 0.3 is 12.1 Å². The van der Waals surface area contributed by atoms with E-state index in [9.17, 15) is 14.4 Å². The number of carbonyl (C=O) groups excluding carboxylic acids is 2. The predicted molar refractivity (Wildman–Crippen MR) is 84.6 cm³/mol.